The number of benzene rings is 3. The molecule has 0 spiro atoms. The Morgan fingerprint density at radius 2 is 1.69 bits per heavy atom. The van der Waals surface area contributed by atoms with E-state index in [1.54, 1.807) is 80.6 Å². The van der Waals surface area contributed by atoms with Crippen LogP contribution in [-0.4, -0.2) is 24.4 Å². The molecule has 0 saturated heterocycles. The number of hydrogen-bond acceptors (Lipinski definition) is 6. The Bertz CT molecular complexity index is 1360. The van der Waals surface area contributed by atoms with Crippen LogP contribution in [0.2, 0.25) is 10.0 Å². The van der Waals surface area contributed by atoms with Crippen LogP contribution in [0.5, 0.6) is 0 Å². The minimum absolute atomic E-state index is 0.102. The lowest BCUT2D eigenvalue weighted by Crippen LogP contribution is -2.33. The molecule has 178 valence electrons. The van der Waals surface area contributed by atoms with Gasteiger partial charge in [0, 0.05) is 20.6 Å². The van der Waals surface area contributed by atoms with Gasteiger partial charge < -0.3 is 10.1 Å². The first kappa shape index (κ1) is 24.9. The second-order valence-corrected chi connectivity index (χ2v) is 9.52. The number of anilines is 2. The van der Waals surface area contributed by atoms with Crippen molar-refractivity contribution < 1.29 is 19.1 Å². The van der Waals surface area contributed by atoms with Crippen LogP contribution < -0.4 is 10.2 Å². The first-order chi connectivity index (χ1) is 16.8. The summed E-state index contributed by atoms with van der Waals surface area (Å²) >= 11 is 13.2. The smallest absolute Gasteiger partial charge is 0.338 e. The Labute approximate surface area is 216 Å². The quantitative estimate of drug-likeness (QED) is 0.281. The molecule has 0 saturated carbocycles. The van der Waals surface area contributed by atoms with E-state index in [4.69, 9.17) is 27.9 Å². The minimum atomic E-state index is -0.515. The number of amides is 2. The third kappa shape index (κ3) is 5.37. The zero-order valence-corrected chi connectivity index (χ0v) is 21.1. The van der Waals surface area contributed by atoms with E-state index in [1.807, 2.05) is 0 Å². The molecule has 35 heavy (non-hydrogen) atoms. The van der Waals surface area contributed by atoms with Gasteiger partial charge in [-0.2, -0.15) is 0 Å². The summed E-state index contributed by atoms with van der Waals surface area (Å²) in [6, 6.07) is 18.5. The predicted molar refractivity (Wildman–Crippen MR) is 139 cm³/mol. The summed E-state index contributed by atoms with van der Waals surface area (Å²) in [6.07, 6.45) is 0. The van der Waals surface area contributed by atoms with Crippen molar-refractivity contribution in [2.24, 2.45) is 0 Å². The number of thioether (sulfide) groups is 1. The van der Waals surface area contributed by atoms with Crippen LogP contribution >= 0.6 is 35.0 Å². The molecular weight excluding hydrogens is 507 g/mol. The van der Waals surface area contributed by atoms with Gasteiger partial charge in [-0.3, -0.25) is 9.59 Å². The van der Waals surface area contributed by atoms with E-state index >= 15 is 0 Å². The number of nitrogens with one attached hydrogen (secondary N) is 1. The molecule has 3 aromatic rings. The van der Waals surface area contributed by atoms with Crippen molar-refractivity contribution in [2.75, 3.05) is 16.8 Å². The van der Waals surface area contributed by atoms with Crippen molar-refractivity contribution in [3.8, 4) is 0 Å². The van der Waals surface area contributed by atoms with Crippen LogP contribution in [-0.2, 0) is 14.3 Å². The number of esters is 1. The summed E-state index contributed by atoms with van der Waals surface area (Å²) in [5.41, 5.74) is 2.02. The van der Waals surface area contributed by atoms with Gasteiger partial charge >= 0.3 is 5.97 Å². The summed E-state index contributed by atoms with van der Waals surface area (Å²) in [6.45, 7) is 3.75. The largest absolute Gasteiger partial charge is 0.462 e. The molecule has 0 bridgehead atoms. The second-order valence-electron chi connectivity index (χ2n) is 7.56. The first-order valence-corrected chi connectivity index (χ1v) is 12.2. The third-order valence-electron chi connectivity index (χ3n) is 5.12. The van der Waals surface area contributed by atoms with Gasteiger partial charge in [0.1, 0.15) is 10.6 Å². The maximum absolute atomic E-state index is 13.6. The summed E-state index contributed by atoms with van der Waals surface area (Å²) < 4.78 is 5.06. The maximum atomic E-state index is 13.6. The summed E-state index contributed by atoms with van der Waals surface area (Å²) in [7, 11) is 0. The van der Waals surface area contributed by atoms with Crippen molar-refractivity contribution in [1.29, 1.82) is 0 Å². The molecule has 9 heteroatoms. The standard InChI is InChI=1S/C26H20Cl2N2O4S/c1-3-34-26(33)16-5-4-6-19(14-16)29-22-23(35-20-10-7-17(27)8-11-20)25(32)30(24(22)31)21-12-9-18(28)13-15(21)2/h4-14,29H,3H2,1-2H3. The van der Waals surface area contributed by atoms with Crippen LogP contribution in [0.25, 0.3) is 0 Å². The van der Waals surface area contributed by atoms with E-state index in [0.29, 0.717) is 32.5 Å². The number of nitrogens with zero attached hydrogens (tertiary/aromatic N) is 1. The highest BCUT2D eigenvalue weighted by Gasteiger charge is 2.40. The van der Waals surface area contributed by atoms with E-state index < -0.39 is 17.8 Å². The van der Waals surface area contributed by atoms with Crippen molar-refractivity contribution in [3.05, 3.63) is 98.5 Å². The molecule has 0 radical (unpaired) electrons. The number of halogens is 2. The average molecular weight is 527 g/mol. The molecule has 0 aromatic heterocycles. The van der Waals surface area contributed by atoms with Crippen molar-refractivity contribution in [2.45, 2.75) is 18.7 Å². The first-order valence-electron chi connectivity index (χ1n) is 10.7. The van der Waals surface area contributed by atoms with E-state index in [9.17, 15) is 14.4 Å². The van der Waals surface area contributed by atoms with Crippen molar-refractivity contribution in [1.82, 2.24) is 0 Å². The van der Waals surface area contributed by atoms with Gasteiger partial charge in [0.05, 0.1) is 17.9 Å². The van der Waals surface area contributed by atoms with Crippen LogP contribution in [0.15, 0.2) is 82.2 Å². The van der Waals surface area contributed by atoms with E-state index in [1.165, 1.54) is 0 Å². The Balaban J connectivity index is 1.74. The second kappa shape index (κ2) is 10.6. The number of ether oxygens (including phenoxy) is 1. The van der Waals surface area contributed by atoms with Crippen LogP contribution in [0.4, 0.5) is 11.4 Å². The molecule has 6 nitrogen and oxygen atoms in total. The topological polar surface area (TPSA) is 75.7 Å². The van der Waals surface area contributed by atoms with E-state index in [2.05, 4.69) is 5.32 Å². The Morgan fingerprint density at radius 3 is 2.37 bits per heavy atom. The van der Waals surface area contributed by atoms with E-state index in [0.717, 1.165) is 21.6 Å². The van der Waals surface area contributed by atoms with Gasteiger partial charge in [-0.25, -0.2) is 9.69 Å². The highest BCUT2D eigenvalue weighted by molar-refractivity contribution is 8.04. The number of carbonyl (C=O) groups excluding carboxylic acids is 3. The van der Waals surface area contributed by atoms with E-state index in [-0.39, 0.29) is 17.2 Å². The predicted octanol–water partition coefficient (Wildman–Crippen LogP) is 6.47. The third-order valence-corrected chi connectivity index (χ3v) is 6.70. The van der Waals surface area contributed by atoms with Crippen molar-refractivity contribution >= 4 is 64.1 Å². The summed E-state index contributed by atoms with van der Waals surface area (Å²) in [5, 5.41) is 4.12. The number of carbonyl (C=O) groups is 3. The molecule has 0 aliphatic carbocycles. The average Bonchev–Trinajstić information content (AvgIpc) is 3.05. The Hall–Kier alpha value is -3.26. The van der Waals surface area contributed by atoms with Gasteiger partial charge in [-0.15, -0.1) is 0 Å². The van der Waals surface area contributed by atoms with Gasteiger partial charge in [0.15, 0.2) is 0 Å². The van der Waals surface area contributed by atoms with Gasteiger partial charge in [-0.1, -0.05) is 41.0 Å². The summed E-state index contributed by atoms with van der Waals surface area (Å²) in [5.74, 6) is -1.46. The zero-order chi connectivity index (χ0) is 25.1. The SMILES string of the molecule is CCOC(=O)c1cccc(NC2=C(Sc3ccc(Cl)cc3)C(=O)N(c3ccc(Cl)cc3C)C2=O)c1. The molecule has 4 rings (SSSR count). The lowest BCUT2D eigenvalue weighted by Gasteiger charge is -2.18. The number of imide groups is 1. The fourth-order valence-electron chi connectivity index (χ4n) is 3.51. The van der Waals surface area contributed by atoms with Crippen LogP contribution in [0, 0.1) is 6.92 Å². The fraction of sp³-hybridized carbons (Fsp3) is 0.115. The molecule has 0 atom stereocenters. The van der Waals surface area contributed by atoms with Gasteiger partial charge in [0.2, 0.25) is 0 Å². The number of rotatable bonds is 7. The molecule has 1 heterocycles. The molecule has 3 aromatic carbocycles. The minimum Gasteiger partial charge on any atom is -0.462 e. The molecule has 1 aliphatic rings. The molecule has 0 unspecified atom stereocenters. The summed E-state index contributed by atoms with van der Waals surface area (Å²) in [4.78, 5) is 41.3. The lowest BCUT2D eigenvalue weighted by molar-refractivity contribution is -0.120. The highest BCUT2D eigenvalue weighted by Crippen LogP contribution is 2.39. The number of hydrogen-bond donors (Lipinski definition) is 1. The molecule has 2 amide bonds. The normalized spacial score (nSPS) is 13.4. The highest BCUT2D eigenvalue weighted by atomic mass is 35.5. The monoisotopic (exact) mass is 526 g/mol. The van der Waals surface area contributed by atoms with Crippen molar-refractivity contribution in [3.63, 3.8) is 0 Å². The molecule has 1 aliphatic heterocycles. The molecule has 1 N–H and O–H groups in total. The fourth-order valence-corrected chi connectivity index (χ4v) is 4.79. The maximum Gasteiger partial charge on any atom is 0.338 e. The van der Waals surface area contributed by atoms with Gasteiger partial charge in [-0.05, 0) is 80.1 Å². The van der Waals surface area contributed by atoms with Crippen LogP contribution in [0.3, 0.4) is 0 Å². The lowest BCUT2D eigenvalue weighted by atomic mass is 10.2. The molecule has 0 fully saturated rings. The Morgan fingerprint density at radius 1 is 0.971 bits per heavy atom. The van der Waals surface area contributed by atoms with Crippen LogP contribution in [0.1, 0.15) is 22.8 Å². The Kier molecular flexibility index (Phi) is 7.50. The zero-order valence-electron chi connectivity index (χ0n) is 18.8. The van der Waals surface area contributed by atoms with Gasteiger partial charge in [0.25, 0.3) is 11.8 Å². The number of aryl methyl sites for hydroxylation is 1. The molecular formula is C26H20Cl2N2O4S.